The van der Waals surface area contributed by atoms with Crippen LogP contribution in [0.15, 0.2) is 12.2 Å². The number of hydrogen-bond donors (Lipinski definition) is 3. The van der Waals surface area contributed by atoms with Crippen LogP contribution in [0.5, 0.6) is 0 Å². The first-order valence-corrected chi connectivity index (χ1v) is 8.64. The molecule has 0 aliphatic heterocycles. The van der Waals surface area contributed by atoms with E-state index in [1.807, 2.05) is 0 Å². The second-order valence-corrected chi connectivity index (χ2v) is 8.02. The molecule has 0 aromatic heterocycles. The van der Waals surface area contributed by atoms with Gasteiger partial charge in [0.1, 0.15) is 13.2 Å². The van der Waals surface area contributed by atoms with Crippen LogP contribution in [0, 0.1) is 10.8 Å². The van der Waals surface area contributed by atoms with Crippen LogP contribution in [0.1, 0.15) is 47.0 Å². The average molecular weight is 356 g/mol. The molecule has 0 radical (unpaired) electrons. The highest BCUT2D eigenvalue weighted by molar-refractivity contribution is 5.86. The zero-order valence-corrected chi connectivity index (χ0v) is 15.8. The third-order valence-electron chi connectivity index (χ3n) is 4.38. The molecule has 144 valence electrons. The second-order valence-electron chi connectivity index (χ2n) is 8.02. The zero-order chi connectivity index (χ0) is 19.1. The lowest BCUT2D eigenvalue weighted by Gasteiger charge is -2.46. The Morgan fingerprint density at radius 3 is 2.44 bits per heavy atom. The van der Waals surface area contributed by atoms with Crippen LogP contribution in [-0.2, 0) is 14.3 Å². The fraction of sp³-hybridized carbons (Fsp3) is 0.778. The van der Waals surface area contributed by atoms with Gasteiger partial charge < -0.3 is 19.9 Å². The molecule has 0 heterocycles. The second kappa shape index (κ2) is 9.20. The molecule has 1 aliphatic carbocycles. The molecule has 2 unspecified atom stereocenters. The van der Waals surface area contributed by atoms with Gasteiger partial charge in [-0.25, -0.2) is 9.59 Å². The lowest BCUT2D eigenvalue weighted by atomic mass is 9.62. The van der Waals surface area contributed by atoms with Crippen LogP contribution in [0.2, 0.25) is 0 Å². The number of rotatable bonds is 8. The zero-order valence-electron chi connectivity index (χ0n) is 15.8. The molecular weight excluding hydrogens is 324 g/mol. The quantitative estimate of drug-likeness (QED) is 0.266. The Kier molecular flexibility index (Phi) is 7.89. The Balaban J connectivity index is 2.38. The van der Waals surface area contributed by atoms with Crippen LogP contribution in [0.25, 0.3) is 0 Å². The Hall–Kier alpha value is -1.60. The number of ether oxygens (including phenoxy) is 2. The average Bonchev–Trinajstić information content (AvgIpc) is 2.47. The van der Waals surface area contributed by atoms with E-state index in [1.54, 1.807) is 6.92 Å². The summed E-state index contributed by atoms with van der Waals surface area (Å²) in [6.07, 6.45) is 2.30. The van der Waals surface area contributed by atoms with Crippen LogP contribution in [-0.4, -0.2) is 49.7 Å². The number of hydrogen-bond acceptors (Lipinski definition) is 6. The normalized spacial score (nSPS) is 25.1. The number of carbonyl (C=O) groups excluding carboxylic acids is 2. The first kappa shape index (κ1) is 21.4. The van der Waals surface area contributed by atoms with Gasteiger partial charge in [0.25, 0.3) is 0 Å². The minimum atomic E-state index is -0.525. The van der Waals surface area contributed by atoms with Gasteiger partial charge in [-0.3, -0.25) is 5.32 Å². The van der Waals surface area contributed by atoms with Crippen molar-refractivity contribution in [3.63, 3.8) is 0 Å². The number of amides is 1. The Morgan fingerprint density at radius 2 is 1.84 bits per heavy atom. The highest BCUT2D eigenvalue weighted by Crippen LogP contribution is 2.45. The van der Waals surface area contributed by atoms with Crippen molar-refractivity contribution >= 4 is 12.1 Å². The topological polar surface area (TPSA) is 96.9 Å². The van der Waals surface area contributed by atoms with E-state index in [1.165, 1.54) is 0 Å². The van der Waals surface area contributed by atoms with E-state index in [-0.39, 0.29) is 36.8 Å². The summed E-state index contributed by atoms with van der Waals surface area (Å²) in [7, 11) is 0. The summed E-state index contributed by atoms with van der Waals surface area (Å²) in [5, 5.41) is 15.0. The standard InChI is InChI=1S/C18H32N2O5/c1-13(2)15(22)24-6-7-25-16(23)19-11-18(5)9-14(20-12-21)8-17(3,4)10-18/h14,20-21H,1,6-12H2,2-5H3,(H,19,23). The van der Waals surface area contributed by atoms with E-state index >= 15 is 0 Å². The van der Waals surface area contributed by atoms with Crippen LogP contribution in [0.3, 0.4) is 0 Å². The summed E-state index contributed by atoms with van der Waals surface area (Å²) >= 11 is 0. The van der Waals surface area contributed by atoms with Crippen molar-refractivity contribution in [3.8, 4) is 0 Å². The molecule has 1 aliphatic rings. The number of esters is 1. The number of aliphatic hydroxyl groups excluding tert-OH is 1. The van der Waals surface area contributed by atoms with Gasteiger partial charge >= 0.3 is 12.1 Å². The van der Waals surface area contributed by atoms with Gasteiger partial charge in [-0.05, 0) is 37.0 Å². The van der Waals surface area contributed by atoms with Crippen molar-refractivity contribution in [3.05, 3.63) is 12.2 Å². The predicted octanol–water partition coefficient (Wildman–Crippen LogP) is 1.96. The lowest BCUT2D eigenvalue weighted by molar-refractivity contribution is -0.139. The molecule has 7 heteroatoms. The first-order valence-electron chi connectivity index (χ1n) is 8.64. The molecule has 0 saturated heterocycles. The first-order chi connectivity index (χ1) is 11.6. The van der Waals surface area contributed by atoms with Gasteiger partial charge in [0, 0.05) is 18.2 Å². The number of alkyl carbamates (subject to hydrolysis) is 1. The molecule has 1 rings (SSSR count). The largest absolute Gasteiger partial charge is 0.459 e. The molecule has 0 bridgehead atoms. The number of carbonyl (C=O) groups is 2. The Labute approximate surface area is 150 Å². The summed E-state index contributed by atoms with van der Waals surface area (Å²) in [4.78, 5) is 23.0. The smallest absolute Gasteiger partial charge is 0.407 e. The lowest BCUT2D eigenvalue weighted by Crippen LogP contribution is -2.49. The molecule has 7 nitrogen and oxygen atoms in total. The Bertz CT molecular complexity index is 492. The van der Waals surface area contributed by atoms with Gasteiger partial charge in [-0.15, -0.1) is 0 Å². The van der Waals surface area contributed by atoms with Crippen LogP contribution >= 0.6 is 0 Å². The van der Waals surface area contributed by atoms with Crippen molar-refractivity contribution in [1.29, 1.82) is 0 Å². The molecule has 1 fully saturated rings. The van der Waals surface area contributed by atoms with Crippen molar-refractivity contribution < 1.29 is 24.2 Å². The highest BCUT2D eigenvalue weighted by Gasteiger charge is 2.41. The van der Waals surface area contributed by atoms with E-state index in [4.69, 9.17) is 14.6 Å². The summed E-state index contributed by atoms with van der Waals surface area (Å²) in [6, 6.07) is 0.220. The summed E-state index contributed by atoms with van der Waals surface area (Å²) in [5.74, 6) is -0.497. The third-order valence-corrected chi connectivity index (χ3v) is 4.38. The maximum atomic E-state index is 11.8. The van der Waals surface area contributed by atoms with E-state index in [0.29, 0.717) is 12.1 Å². The molecule has 2 atom stereocenters. The maximum Gasteiger partial charge on any atom is 0.407 e. The summed E-state index contributed by atoms with van der Waals surface area (Å²) < 4.78 is 9.88. The third kappa shape index (κ3) is 7.88. The van der Waals surface area contributed by atoms with Crippen molar-refractivity contribution in [2.24, 2.45) is 10.8 Å². The fourth-order valence-corrected chi connectivity index (χ4v) is 3.77. The summed E-state index contributed by atoms with van der Waals surface area (Å²) in [5.41, 5.74) is 0.352. The van der Waals surface area contributed by atoms with Crippen LogP contribution in [0.4, 0.5) is 4.79 Å². The molecule has 0 aromatic rings. The van der Waals surface area contributed by atoms with Gasteiger partial charge in [0.15, 0.2) is 0 Å². The molecule has 25 heavy (non-hydrogen) atoms. The number of aliphatic hydroxyl groups is 1. The number of nitrogens with one attached hydrogen (secondary N) is 2. The maximum absolute atomic E-state index is 11.8. The van der Waals surface area contributed by atoms with Crippen molar-refractivity contribution in [1.82, 2.24) is 10.6 Å². The van der Waals surface area contributed by atoms with E-state index in [2.05, 4.69) is 38.0 Å². The molecule has 0 spiro atoms. The Morgan fingerprint density at radius 1 is 1.20 bits per heavy atom. The van der Waals surface area contributed by atoms with E-state index in [0.717, 1.165) is 19.3 Å². The SMILES string of the molecule is C=C(C)C(=O)OCCOC(=O)NCC1(C)CC(NCO)CC(C)(C)C1. The highest BCUT2D eigenvalue weighted by atomic mass is 16.6. The summed E-state index contributed by atoms with van der Waals surface area (Å²) in [6.45, 7) is 12.0. The predicted molar refractivity (Wildman–Crippen MR) is 94.9 cm³/mol. The fourth-order valence-electron chi connectivity index (χ4n) is 3.77. The van der Waals surface area contributed by atoms with Gasteiger partial charge in [0.2, 0.25) is 0 Å². The van der Waals surface area contributed by atoms with Gasteiger partial charge in [-0.1, -0.05) is 27.4 Å². The monoisotopic (exact) mass is 356 g/mol. The molecule has 3 N–H and O–H groups in total. The molecular formula is C18H32N2O5. The molecule has 1 saturated carbocycles. The van der Waals surface area contributed by atoms with E-state index in [9.17, 15) is 9.59 Å². The van der Waals surface area contributed by atoms with Gasteiger partial charge in [0.05, 0.1) is 6.73 Å². The van der Waals surface area contributed by atoms with Gasteiger partial charge in [-0.2, -0.15) is 0 Å². The molecule has 0 aromatic carbocycles. The van der Waals surface area contributed by atoms with Crippen LogP contribution < -0.4 is 10.6 Å². The molecule has 1 amide bonds. The minimum Gasteiger partial charge on any atom is -0.459 e. The van der Waals surface area contributed by atoms with Crippen molar-refractivity contribution in [2.75, 3.05) is 26.5 Å². The van der Waals surface area contributed by atoms with Crippen molar-refractivity contribution in [2.45, 2.75) is 53.0 Å². The van der Waals surface area contributed by atoms with E-state index < -0.39 is 12.1 Å². The minimum absolute atomic E-state index is 0.00174.